The number of hydrogen-bond donors (Lipinski definition) is 1. The maximum absolute atomic E-state index is 12.6. The van der Waals surface area contributed by atoms with Crippen LogP contribution in [0.4, 0.5) is 8.78 Å². The molecule has 0 saturated carbocycles. The summed E-state index contributed by atoms with van der Waals surface area (Å²) in [4.78, 5) is 0. The first-order valence-corrected chi connectivity index (χ1v) is 6.24. The summed E-state index contributed by atoms with van der Waals surface area (Å²) in [6.07, 6.45) is -2.97. The van der Waals surface area contributed by atoms with Gasteiger partial charge in [-0.15, -0.1) is 0 Å². The maximum Gasteiger partial charge on any atom is 0.263 e. The van der Waals surface area contributed by atoms with Gasteiger partial charge in [0.15, 0.2) is 0 Å². The normalized spacial score (nSPS) is 12.7. The van der Waals surface area contributed by atoms with Crippen LogP contribution in [0.3, 0.4) is 0 Å². The number of rotatable bonds is 4. The molecule has 0 fully saturated rings. The summed E-state index contributed by atoms with van der Waals surface area (Å²) in [5.74, 6) is 0. The zero-order valence-electron chi connectivity index (χ0n) is 10.1. The van der Waals surface area contributed by atoms with E-state index in [2.05, 4.69) is 0 Å². The number of benzene rings is 2. The van der Waals surface area contributed by atoms with Crippen LogP contribution in [-0.4, -0.2) is 5.11 Å². The summed E-state index contributed by atoms with van der Waals surface area (Å²) < 4.78 is 25.2. The van der Waals surface area contributed by atoms with Crippen LogP contribution in [0.5, 0.6) is 0 Å². The molecule has 0 radical (unpaired) electrons. The number of aliphatic hydroxyl groups excluding tert-OH is 1. The first-order valence-electron chi connectivity index (χ1n) is 5.87. The molecule has 2 aromatic rings. The summed E-state index contributed by atoms with van der Waals surface area (Å²) in [5, 5.41) is 10.7. The lowest BCUT2D eigenvalue weighted by atomic mass is 10.00. The minimum absolute atomic E-state index is 0.0762. The Morgan fingerprint density at radius 3 is 2.26 bits per heavy atom. The van der Waals surface area contributed by atoms with Crippen LogP contribution in [0.1, 0.15) is 29.2 Å². The summed E-state index contributed by atoms with van der Waals surface area (Å²) in [6.45, 7) is 0. The summed E-state index contributed by atoms with van der Waals surface area (Å²) in [6, 6.07) is 13.0. The standard InChI is InChI=1S/C15H13ClF2O/c16-13-6-4-10(5-7-13)8-14(19)11-2-1-3-12(9-11)15(17)18/h1-7,9,14-15,19H,8H2. The van der Waals surface area contributed by atoms with Crippen molar-refractivity contribution in [1.82, 2.24) is 0 Å². The Bertz CT molecular complexity index is 540. The number of aliphatic hydroxyl groups is 1. The highest BCUT2D eigenvalue weighted by molar-refractivity contribution is 6.30. The molecule has 2 rings (SSSR count). The predicted molar refractivity (Wildman–Crippen MR) is 71.5 cm³/mol. The topological polar surface area (TPSA) is 20.2 Å². The molecule has 0 spiro atoms. The van der Waals surface area contributed by atoms with E-state index in [0.29, 0.717) is 17.0 Å². The molecule has 19 heavy (non-hydrogen) atoms. The predicted octanol–water partition coefficient (Wildman–Crippen LogP) is 4.55. The average molecular weight is 283 g/mol. The molecule has 0 saturated heterocycles. The van der Waals surface area contributed by atoms with Crippen molar-refractivity contribution in [2.45, 2.75) is 19.0 Å². The lowest BCUT2D eigenvalue weighted by Crippen LogP contribution is -2.02. The van der Waals surface area contributed by atoms with Crippen LogP contribution >= 0.6 is 11.6 Å². The van der Waals surface area contributed by atoms with Gasteiger partial charge >= 0.3 is 0 Å². The van der Waals surface area contributed by atoms with Gasteiger partial charge in [-0.25, -0.2) is 8.78 Å². The summed E-state index contributed by atoms with van der Waals surface area (Å²) in [5.41, 5.74) is 1.32. The Balaban J connectivity index is 2.13. The quantitative estimate of drug-likeness (QED) is 0.872. The molecular formula is C15H13ClF2O. The maximum atomic E-state index is 12.6. The van der Waals surface area contributed by atoms with Crippen LogP contribution in [0.2, 0.25) is 5.02 Å². The van der Waals surface area contributed by atoms with Gasteiger partial charge in [-0.05, 0) is 29.3 Å². The first kappa shape index (κ1) is 14.0. The largest absolute Gasteiger partial charge is 0.388 e. The van der Waals surface area contributed by atoms with E-state index in [1.807, 2.05) is 12.1 Å². The lowest BCUT2D eigenvalue weighted by molar-refractivity contribution is 0.149. The second-order valence-corrected chi connectivity index (χ2v) is 4.75. The second-order valence-electron chi connectivity index (χ2n) is 4.32. The molecule has 0 aromatic heterocycles. The van der Waals surface area contributed by atoms with Crippen molar-refractivity contribution in [3.8, 4) is 0 Å². The monoisotopic (exact) mass is 282 g/mol. The SMILES string of the molecule is OC(Cc1ccc(Cl)cc1)c1cccc(C(F)F)c1. The van der Waals surface area contributed by atoms with E-state index in [-0.39, 0.29) is 5.56 Å². The molecule has 1 unspecified atom stereocenters. The third kappa shape index (κ3) is 3.75. The van der Waals surface area contributed by atoms with Gasteiger partial charge in [-0.3, -0.25) is 0 Å². The Hall–Kier alpha value is -1.45. The van der Waals surface area contributed by atoms with Crippen LogP contribution in [0.25, 0.3) is 0 Å². The number of hydrogen-bond acceptors (Lipinski definition) is 1. The Labute approximate surface area is 115 Å². The van der Waals surface area contributed by atoms with Crippen molar-refractivity contribution in [2.24, 2.45) is 0 Å². The molecule has 0 bridgehead atoms. The molecule has 1 atom stereocenters. The Morgan fingerprint density at radius 2 is 1.63 bits per heavy atom. The molecular weight excluding hydrogens is 270 g/mol. The van der Waals surface area contributed by atoms with Gasteiger partial charge in [-0.2, -0.15) is 0 Å². The highest BCUT2D eigenvalue weighted by Gasteiger charge is 2.12. The zero-order valence-corrected chi connectivity index (χ0v) is 10.8. The van der Waals surface area contributed by atoms with Crippen molar-refractivity contribution in [3.63, 3.8) is 0 Å². The number of alkyl halides is 2. The molecule has 1 N–H and O–H groups in total. The molecule has 0 aliphatic carbocycles. The molecule has 100 valence electrons. The van der Waals surface area contributed by atoms with E-state index in [1.54, 1.807) is 18.2 Å². The van der Waals surface area contributed by atoms with Gasteiger partial charge in [0, 0.05) is 17.0 Å². The van der Waals surface area contributed by atoms with Crippen LogP contribution in [0, 0.1) is 0 Å². The molecule has 0 aliphatic heterocycles. The molecule has 1 nitrogen and oxygen atoms in total. The molecule has 4 heteroatoms. The van der Waals surface area contributed by atoms with E-state index >= 15 is 0 Å². The minimum Gasteiger partial charge on any atom is -0.388 e. The fourth-order valence-electron chi connectivity index (χ4n) is 1.86. The van der Waals surface area contributed by atoms with Crippen molar-refractivity contribution < 1.29 is 13.9 Å². The summed E-state index contributed by atoms with van der Waals surface area (Å²) >= 11 is 5.77. The van der Waals surface area contributed by atoms with Crippen molar-refractivity contribution in [3.05, 3.63) is 70.2 Å². The van der Waals surface area contributed by atoms with Crippen LogP contribution in [-0.2, 0) is 6.42 Å². The fraction of sp³-hybridized carbons (Fsp3) is 0.200. The highest BCUT2D eigenvalue weighted by atomic mass is 35.5. The fourth-order valence-corrected chi connectivity index (χ4v) is 1.99. The molecule has 0 amide bonds. The third-order valence-electron chi connectivity index (χ3n) is 2.89. The van der Waals surface area contributed by atoms with E-state index in [4.69, 9.17) is 11.6 Å². The van der Waals surface area contributed by atoms with E-state index in [9.17, 15) is 13.9 Å². The highest BCUT2D eigenvalue weighted by Crippen LogP contribution is 2.24. The van der Waals surface area contributed by atoms with Gasteiger partial charge in [0.2, 0.25) is 0 Å². The third-order valence-corrected chi connectivity index (χ3v) is 3.14. The van der Waals surface area contributed by atoms with Crippen LogP contribution in [0.15, 0.2) is 48.5 Å². The van der Waals surface area contributed by atoms with E-state index in [0.717, 1.165) is 5.56 Å². The minimum atomic E-state index is -2.53. The summed E-state index contributed by atoms with van der Waals surface area (Å²) in [7, 11) is 0. The van der Waals surface area contributed by atoms with E-state index in [1.165, 1.54) is 18.2 Å². The lowest BCUT2D eigenvalue weighted by Gasteiger charge is -2.12. The Kier molecular flexibility index (Phi) is 4.51. The number of halogens is 3. The van der Waals surface area contributed by atoms with Gasteiger partial charge in [-0.1, -0.05) is 41.9 Å². The van der Waals surface area contributed by atoms with Gasteiger partial charge in [0.05, 0.1) is 6.10 Å². The van der Waals surface area contributed by atoms with Gasteiger partial charge < -0.3 is 5.11 Å². The van der Waals surface area contributed by atoms with Gasteiger partial charge in [0.25, 0.3) is 6.43 Å². The Morgan fingerprint density at radius 1 is 1.00 bits per heavy atom. The van der Waals surface area contributed by atoms with Crippen molar-refractivity contribution in [1.29, 1.82) is 0 Å². The molecule has 2 aromatic carbocycles. The van der Waals surface area contributed by atoms with Crippen LogP contribution < -0.4 is 0 Å². The molecule has 0 heterocycles. The average Bonchev–Trinajstić information content (AvgIpc) is 2.41. The zero-order chi connectivity index (χ0) is 13.8. The van der Waals surface area contributed by atoms with Crippen molar-refractivity contribution >= 4 is 11.6 Å². The molecule has 0 aliphatic rings. The van der Waals surface area contributed by atoms with Crippen molar-refractivity contribution in [2.75, 3.05) is 0 Å². The second kappa shape index (κ2) is 6.13. The smallest absolute Gasteiger partial charge is 0.263 e. The van der Waals surface area contributed by atoms with Gasteiger partial charge in [0.1, 0.15) is 0 Å². The van der Waals surface area contributed by atoms with E-state index < -0.39 is 12.5 Å². The first-order chi connectivity index (χ1) is 9.06.